The average molecular weight is 368 g/mol. The van der Waals surface area contributed by atoms with E-state index in [0.29, 0.717) is 0 Å². The lowest BCUT2D eigenvalue weighted by Crippen LogP contribution is -2.40. The van der Waals surface area contributed by atoms with Gasteiger partial charge in [0.2, 0.25) is 0 Å². The number of hydrogen-bond donors (Lipinski definition) is 1. The molecule has 0 aliphatic carbocycles. The fourth-order valence-electron chi connectivity index (χ4n) is 3.58. The standard InChI is InChI=1S/C23H41N.ClH/c1-5-7-8-9-10-11-12-13-14-17-20-24-23(4,6-2)22-19-16-15-18-21(22)3;/h15-16,18-19,24H,5-14,17,20H2,1-4H3;1H. The molecule has 0 fully saturated rings. The van der Waals surface area contributed by atoms with Crippen molar-refractivity contribution >= 4 is 12.4 Å². The van der Waals surface area contributed by atoms with Gasteiger partial charge in [-0.3, -0.25) is 0 Å². The molecule has 1 rings (SSSR count). The molecule has 1 atom stereocenters. The molecule has 0 aromatic heterocycles. The van der Waals surface area contributed by atoms with E-state index in [-0.39, 0.29) is 17.9 Å². The summed E-state index contributed by atoms with van der Waals surface area (Å²) in [5.41, 5.74) is 2.97. The highest BCUT2D eigenvalue weighted by Crippen LogP contribution is 2.27. The van der Waals surface area contributed by atoms with Crippen LogP contribution in [0, 0.1) is 6.92 Å². The lowest BCUT2D eigenvalue weighted by molar-refractivity contribution is 0.347. The summed E-state index contributed by atoms with van der Waals surface area (Å²) in [5, 5.41) is 3.83. The second-order valence-corrected chi connectivity index (χ2v) is 7.61. The number of nitrogens with one attached hydrogen (secondary N) is 1. The summed E-state index contributed by atoms with van der Waals surface area (Å²) in [6.07, 6.45) is 15.2. The number of hydrogen-bond acceptors (Lipinski definition) is 1. The lowest BCUT2D eigenvalue weighted by Gasteiger charge is -2.32. The summed E-state index contributed by atoms with van der Waals surface area (Å²) in [6, 6.07) is 8.81. The van der Waals surface area contributed by atoms with Crippen molar-refractivity contribution in [2.24, 2.45) is 0 Å². The van der Waals surface area contributed by atoms with Crippen LogP contribution in [-0.2, 0) is 5.54 Å². The van der Waals surface area contributed by atoms with Crippen LogP contribution >= 0.6 is 12.4 Å². The molecule has 1 nitrogen and oxygen atoms in total. The van der Waals surface area contributed by atoms with Crippen LogP contribution in [-0.4, -0.2) is 6.54 Å². The molecule has 146 valence electrons. The van der Waals surface area contributed by atoms with Gasteiger partial charge in [-0.2, -0.15) is 0 Å². The summed E-state index contributed by atoms with van der Waals surface area (Å²) in [6.45, 7) is 10.3. The highest BCUT2D eigenvalue weighted by atomic mass is 35.5. The van der Waals surface area contributed by atoms with Crippen LogP contribution in [0.25, 0.3) is 0 Å². The largest absolute Gasteiger partial charge is 0.308 e. The number of halogens is 1. The summed E-state index contributed by atoms with van der Waals surface area (Å²) in [7, 11) is 0. The maximum atomic E-state index is 3.83. The van der Waals surface area contributed by atoms with E-state index in [1.165, 1.54) is 75.3 Å². The number of unbranched alkanes of at least 4 members (excludes halogenated alkanes) is 9. The highest BCUT2D eigenvalue weighted by molar-refractivity contribution is 5.85. The maximum Gasteiger partial charge on any atom is 0.0406 e. The van der Waals surface area contributed by atoms with Crippen LogP contribution in [0.4, 0.5) is 0 Å². The molecule has 1 aromatic carbocycles. The zero-order valence-corrected chi connectivity index (χ0v) is 18.0. The fraction of sp³-hybridized carbons (Fsp3) is 0.739. The van der Waals surface area contributed by atoms with E-state index in [1.807, 2.05) is 0 Å². The van der Waals surface area contributed by atoms with Crippen molar-refractivity contribution in [1.82, 2.24) is 5.32 Å². The quantitative estimate of drug-likeness (QED) is 0.334. The minimum atomic E-state index is 0. The van der Waals surface area contributed by atoms with Crippen LogP contribution in [0.2, 0.25) is 0 Å². The van der Waals surface area contributed by atoms with Crippen LogP contribution in [0.3, 0.4) is 0 Å². The molecule has 0 aliphatic rings. The van der Waals surface area contributed by atoms with E-state index in [4.69, 9.17) is 0 Å². The van der Waals surface area contributed by atoms with E-state index in [2.05, 4.69) is 57.3 Å². The third-order valence-corrected chi connectivity index (χ3v) is 5.49. The smallest absolute Gasteiger partial charge is 0.0406 e. The van der Waals surface area contributed by atoms with Gasteiger partial charge < -0.3 is 5.32 Å². The topological polar surface area (TPSA) is 12.0 Å². The molecule has 0 heterocycles. The van der Waals surface area contributed by atoms with E-state index < -0.39 is 0 Å². The normalized spacial score (nSPS) is 13.3. The predicted molar refractivity (Wildman–Crippen MR) is 116 cm³/mol. The summed E-state index contributed by atoms with van der Waals surface area (Å²) < 4.78 is 0. The van der Waals surface area contributed by atoms with Gasteiger partial charge in [-0.1, -0.05) is 95.9 Å². The Morgan fingerprint density at radius 3 is 1.84 bits per heavy atom. The predicted octanol–water partition coefficient (Wildman–Crippen LogP) is 7.55. The Kier molecular flexibility index (Phi) is 14.3. The van der Waals surface area contributed by atoms with Crippen molar-refractivity contribution in [2.45, 2.75) is 104 Å². The molecule has 1 unspecified atom stereocenters. The first-order valence-electron chi connectivity index (χ1n) is 10.4. The number of rotatable bonds is 14. The zero-order valence-electron chi connectivity index (χ0n) is 17.2. The molecule has 0 saturated heterocycles. The summed E-state index contributed by atoms with van der Waals surface area (Å²) in [5.74, 6) is 0. The highest BCUT2D eigenvalue weighted by Gasteiger charge is 2.24. The van der Waals surface area contributed by atoms with Crippen LogP contribution in [0.15, 0.2) is 24.3 Å². The van der Waals surface area contributed by atoms with Gasteiger partial charge in [0.05, 0.1) is 0 Å². The van der Waals surface area contributed by atoms with Crippen molar-refractivity contribution in [2.75, 3.05) is 6.54 Å². The van der Waals surface area contributed by atoms with Gasteiger partial charge in [0.25, 0.3) is 0 Å². The van der Waals surface area contributed by atoms with Gasteiger partial charge in [-0.05, 0) is 44.4 Å². The van der Waals surface area contributed by atoms with E-state index in [9.17, 15) is 0 Å². The molecular weight excluding hydrogens is 326 g/mol. The van der Waals surface area contributed by atoms with Gasteiger partial charge in [0.1, 0.15) is 0 Å². The third kappa shape index (κ3) is 9.66. The Hall–Kier alpha value is -0.530. The Bertz CT molecular complexity index is 432. The minimum absolute atomic E-state index is 0. The Morgan fingerprint density at radius 1 is 0.800 bits per heavy atom. The maximum absolute atomic E-state index is 3.83. The monoisotopic (exact) mass is 367 g/mol. The van der Waals surface area contributed by atoms with Crippen LogP contribution in [0.1, 0.15) is 103 Å². The van der Waals surface area contributed by atoms with Crippen molar-refractivity contribution in [1.29, 1.82) is 0 Å². The second-order valence-electron chi connectivity index (χ2n) is 7.61. The molecule has 2 heteroatoms. The van der Waals surface area contributed by atoms with E-state index in [0.717, 1.165) is 13.0 Å². The SMILES string of the molecule is CCCCCCCCCCCCNC(C)(CC)c1ccccc1C.Cl. The Labute approximate surface area is 163 Å². The van der Waals surface area contributed by atoms with Crippen LogP contribution < -0.4 is 5.32 Å². The first-order chi connectivity index (χ1) is 11.6. The molecule has 0 saturated carbocycles. The van der Waals surface area contributed by atoms with Gasteiger partial charge >= 0.3 is 0 Å². The Morgan fingerprint density at radius 2 is 1.32 bits per heavy atom. The second kappa shape index (κ2) is 14.6. The van der Waals surface area contributed by atoms with Crippen molar-refractivity contribution in [3.05, 3.63) is 35.4 Å². The van der Waals surface area contributed by atoms with Gasteiger partial charge in [-0.15, -0.1) is 12.4 Å². The van der Waals surface area contributed by atoms with Gasteiger partial charge in [0.15, 0.2) is 0 Å². The molecule has 0 radical (unpaired) electrons. The summed E-state index contributed by atoms with van der Waals surface area (Å²) >= 11 is 0. The first-order valence-corrected chi connectivity index (χ1v) is 10.4. The average Bonchev–Trinajstić information content (AvgIpc) is 2.60. The van der Waals surface area contributed by atoms with Gasteiger partial charge in [-0.25, -0.2) is 0 Å². The van der Waals surface area contributed by atoms with E-state index in [1.54, 1.807) is 0 Å². The number of aryl methyl sites for hydroxylation is 1. The summed E-state index contributed by atoms with van der Waals surface area (Å²) in [4.78, 5) is 0. The first kappa shape index (κ1) is 24.5. The molecule has 0 bridgehead atoms. The molecule has 0 spiro atoms. The minimum Gasteiger partial charge on any atom is -0.308 e. The molecule has 1 aromatic rings. The Balaban J connectivity index is 0.00000576. The molecule has 0 aliphatic heterocycles. The molecule has 25 heavy (non-hydrogen) atoms. The molecule has 0 amide bonds. The molecular formula is C23H42ClN. The third-order valence-electron chi connectivity index (χ3n) is 5.49. The lowest BCUT2D eigenvalue weighted by atomic mass is 9.86. The van der Waals surface area contributed by atoms with Crippen LogP contribution in [0.5, 0.6) is 0 Å². The van der Waals surface area contributed by atoms with Crippen molar-refractivity contribution in [3.8, 4) is 0 Å². The van der Waals surface area contributed by atoms with Gasteiger partial charge in [0, 0.05) is 5.54 Å². The van der Waals surface area contributed by atoms with Crippen molar-refractivity contribution in [3.63, 3.8) is 0 Å². The van der Waals surface area contributed by atoms with E-state index >= 15 is 0 Å². The number of benzene rings is 1. The molecule has 1 N–H and O–H groups in total. The van der Waals surface area contributed by atoms with Crippen molar-refractivity contribution < 1.29 is 0 Å². The zero-order chi connectivity index (χ0) is 17.7. The fourth-order valence-corrected chi connectivity index (χ4v) is 3.58.